The van der Waals surface area contributed by atoms with Crippen LogP contribution < -0.4 is 0 Å². The lowest BCUT2D eigenvalue weighted by Gasteiger charge is -1.99. The van der Waals surface area contributed by atoms with Crippen LogP contribution >= 0.6 is 27.7 Å². The van der Waals surface area contributed by atoms with Crippen LogP contribution in [0, 0.1) is 0 Å². The van der Waals surface area contributed by atoms with Crippen LogP contribution in [-0.4, -0.2) is 36.5 Å². The van der Waals surface area contributed by atoms with Crippen LogP contribution in [0.5, 0.6) is 0 Å². The van der Waals surface area contributed by atoms with E-state index in [0.29, 0.717) is 23.2 Å². The number of benzene rings is 1. The molecule has 7 nitrogen and oxygen atoms in total. The Labute approximate surface area is 138 Å². The third kappa shape index (κ3) is 3.80. The molecule has 0 saturated carbocycles. The molecule has 0 radical (unpaired) electrons. The van der Waals surface area contributed by atoms with Crippen molar-refractivity contribution in [2.75, 3.05) is 5.75 Å². The Kier molecular flexibility index (Phi) is 4.64. The predicted molar refractivity (Wildman–Crippen MR) is 82.6 cm³/mol. The fourth-order valence-corrected chi connectivity index (χ4v) is 2.60. The summed E-state index contributed by atoms with van der Waals surface area (Å²) in [7, 11) is 0. The second kappa shape index (κ2) is 6.84. The first kappa shape index (κ1) is 14.9. The molecule has 0 fully saturated rings. The highest BCUT2D eigenvalue weighted by Crippen LogP contribution is 2.19. The van der Waals surface area contributed by atoms with E-state index in [4.69, 9.17) is 4.42 Å². The molecule has 0 saturated heterocycles. The second-order valence-corrected chi connectivity index (χ2v) is 6.12. The van der Waals surface area contributed by atoms with Gasteiger partial charge in [0.25, 0.3) is 5.22 Å². The Hall–Kier alpha value is -2.00. The number of nitrogens with zero attached hydrogens (tertiary/aromatic N) is 5. The molecule has 9 heteroatoms. The average Bonchev–Trinajstić information content (AvgIpc) is 3.18. The first-order chi connectivity index (χ1) is 10.7. The smallest absolute Gasteiger partial charge is 0.277 e. The van der Waals surface area contributed by atoms with Gasteiger partial charge in [-0.15, -0.1) is 10.2 Å². The van der Waals surface area contributed by atoms with Crippen molar-refractivity contribution in [3.05, 3.63) is 52.8 Å². The Morgan fingerprint density at radius 1 is 1.27 bits per heavy atom. The molecule has 3 aromatic rings. The van der Waals surface area contributed by atoms with Gasteiger partial charge in [0.2, 0.25) is 5.89 Å². The van der Waals surface area contributed by atoms with E-state index in [1.807, 2.05) is 12.1 Å². The van der Waals surface area contributed by atoms with E-state index in [1.165, 1.54) is 18.1 Å². The number of hydrogen-bond acceptors (Lipinski definition) is 7. The molecule has 0 atom stereocenters. The molecule has 0 bridgehead atoms. The molecule has 2 heterocycles. The number of rotatable bonds is 6. The number of aromatic nitrogens is 5. The van der Waals surface area contributed by atoms with Crippen molar-refractivity contribution in [2.45, 2.75) is 11.8 Å². The van der Waals surface area contributed by atoms with Gasteiger partial charge in [0.05, 0.1) is 5.75 Å². The Morgan fingerprint density at radius 2 is 2.09 bits per heavy atom. The molecule has 112 valence electrons. The van der Waals surface area contributed by atoms with Crippen molar-refractivity contribution in [2.24, 2.45) is 0 Å². The van der Waals surface area contributed by atoms with Gasteiger partial charge in [-0.3, -0.25) is 4.79 Å². The Balaban J connectivity index is 1.56. The lowest BCUT2D eigenvalue weighted by atomic mass is 10.2. The fraction of sp³-hybridized carbons (Fsp3) is 0.154. The van der Waals surface area contributed by atoms with Crippen molar-refractivity contribution in [1.82, 2.24) is 25.0 Å². The highest BCUT2D eigenvalue weighted by molar-refractivity contribution is 9.10. The molecule has 0 aliphatic heterocycles. The van der Waals surface area contributed by atoms with Crippen LogP contribution in [0.2, 0.25) is 0 Å². The molecule has 0 amide bonds. The van der Waals surface area contributed by atoms with Gasteiger partial charge < -0.3 is 4.42 Å². The summed E-state index contributed by atoms with van der Waals surface area (Å²) < 4.78 is 7.97. The minimum Gasteiger partial charge on any atom is -0.414 e. The average molecular weight is 380 g/mol. The minimum atomic E-state index is 0.00789. The lowest BCUT2D eigenvalue weighted by molar-refractivity contribution is 0.102. The Bertz CT molecular complexity index is 757. The van der Waals surface area contributed by atoms with Gasteiger partial charge in [0.15, 0.2) is 5.78 Å². The summed E-state index contributed by atoms with van der Waals surface area (Å²) in [5.41, 5.74) is 0.651. The maximum atomic E-state index is 12.0. The van der Waals surface area contributed by atoms with Gasteiger partial charge in [-0.2, -0.15) is 5.10 Å². The first-order valence-electron chi connectivity index (χ1n) is 6.27. The summed E-state index contributed by atoms with van der Waals surface area (Å²) in [5.74, 6) is 0.671. The van der Waals surface area contributed by atoms with Gasteiger partial charge in [-0.1, -0.05) is 39.8 Å². The third-order valence-electron chi connectivity index (χ3n) is 2.71. The van der Waals surface area contributed by atoms with Crippen LogP contribution in [0.1, 0.15) is 16.2 Å². The SMILES string of the molecule is O=C(CSc1nnc(Cn2cncn2)o1)c1ccc(Br)cc1. The molecular weight excluding hydrogens is 370 g/mol. The van der Waals surface area contributed by atoms with Crippen molar-refractivity contribution >= 4 is 33.5 Å². The van der Waals surface area contributed by atoms with E-state index in [2.05, 4.69) is 36.2 Å². The van der Waals surface area contributed by atoms with E-state index < -0.39 is 0 Å². The first-order valence-corrected chi connectivity index (χ1v) is 8.05. The standard InChI is InChI=1S/C13H10BrN5O2S/c14-10-3-1-9(2-4-10)11(20)6-22-13-18-17-12(21-13)5-19-8-15-7-16-19/h1-4,7-8H,5-6H2. The number of hydrogen-bond donors (Lipinski definition) is 0. The zero-order valence-electron chi connectivity index (χ0n) is 11.2. The number of thioether (sulfide) groups is 1. The third-order valence-corrected chi connectivity index (χ3v) is 4.05. The summed E-state index contributed by atoms with van der Waals surface area (Å²) in [6.45, 7) is 0.355. The number of halogens is 1. The summed E-state index contributed by atoms with van der Waals surface area (Å²) in [6.07, 6.45) is 3.00. The number of Topliss-reactive ketones (excluding diaryl/α,β-unsaturated/α-hetero) is 1. The molecule has 0 spiro atoms. The van der Waals surface area contributed by atoms with Gasteiger partial charge in [-0.05, 0) is 12.1 Å². The van der Waals surface area contributed by atoms with E-state index in [-0.39, 0.29) is 11.5 Å². The van der Waals surface area contributed by atoms with Crippen molar-refractivity contribution in [3.8, 4) is 0 Å². The van der Waals surface area contributed by atoms with E-state index in [9.17, 15) is 4.79 Å². The summed E-state index contributed by atoms with van der Waals surface area (Å²) in [5, 5.41) is 12.1. The summed E-state index contributed by atoms with van der Waals surface area (Å²) in [4.78, 5) is 15.9. The van der Waals surface area contributed by atoms with Crippen molar-refractivity contribution in [1.29, 1.82) is 0 Å². The zero-order chi connectivity index (χ0) is 15.4. The summed E-state index contributed by atoms with van der Waals surface area (Å²) >= 11 is 4.55. The maximum Gasteiger partial charge on any atom is 0.277 e. The lowest BCUT2D eigenvalue weighted by Crippen LogP contribution is -2.01. The quantitative estimate of drug-likeness (QED) is 0.480. The Morgan fingerprint density at radius 3 is 2.82 bits per heavy atom. The van der Waals surface area contributed by atoms with Crippen LogP contribution in [0.15, 0.2) is 51.0 Å². The normalized spacial score (nSPS) is 10.8. The number of carbonyl (C=O) groups excluding carboxylic acids is 1. The van der Waals surface area contributed by atoms with Gasteiger partial charge in [0, 0.05) is 10.0 Å². The molecule has 22 heavy (non-hydrogen) atoms. The van der Waals surface area contributed by atoms with Crippen LogP contribution in [0.4, 0.5) is 0 Å². The highest BCUT2D eigenvalue weighted by Gasteiger charge is 2.11. The van der Waals surface area contributed by atoms with Crippen molar-refractivity contribution < 1.29 is 9.21 Å². The van der Waals surface area contributed by atoms with Crippen LogP contribution in [0.3, 0.4) is 0 Å². The molecule has 1 aromatic carbocycles. The van der Waals surface area contributed by atoms with E-state index in [1.54, 1.807) is 23.1 Å². The monoisotopic (exact) mass is 379 g/mol. The molecule has 3 rings (SSSR count). The molecule has 0 aliphatic rings. The maximum absolute atomic E-state index is 12.0. The van der Waals surface area contributed by atoms with Gasteiger partial charge in [0.1, 0.15) is 19.2 Å². The number of carbonyl (C=O) groups is 1. The minimum absolute atomic E-state index is 0.00789. The van der Waals surface area contributed by atoms with E-state index >= 15 is 0 Å². The topological polar surface area (TPSA) is 86.7 Å². The van der Waals surface area contributed by atoms with Gasteiger partial charge in [-0.25, -0.2) is 9.67 Å². The second-order valence-electron chi connectivity index (χ2n) is 4.27. The molecular formula is C13H10BrN5O2S. The molecule has 0 aliphatic carbocycles. The number of ketones is 1. The van der Waals surface area contributed by atoms with Crippen LogP contribution in [0.25, 0.3) is 0 Å². The zero-order valence-corrected chi connectivity index (χ0v) is 13.6. The highest BCUT2D eigenvalue weighted by atomic mass is 79.9. The van der Waals surface area contributed by atoms with Gasteiger partial charge >= 0.3 is 0 Å². The predicted octanol–water partition coefficient (Wildman–Crippen LogP) is 2.45. The fourth-order valence-electron chi connectivity index (χ4n) is 1.66. The molecule has 0 N–H and O–H groups in total. The van der Waals surface area contributed by atoms with Crippen molar-refractivity contribution in [3.63, 3.8) is 0 Å². The summed E-state index contributed by atoms with van der Waals surface area (Å²) in [6, 6.07) is 7.22. The molecule has 2 aromatic heterocycles. The largest absolute Gasteiger partial charge is 0.414 e. The molecule has 0 unspecified atom stereocenters. The van der Waals surface area contributed by atoms with E-state index in [0.717, 1.165) is 4.47 Å². The van der Waals surface area contributed by atoms with Crippen LogP contribution in [-0.2, 0) is 6.54 Å².